The molecule has 0 saturated carbocycles. The number of aliphatic hydroxyl groups is 2. The SMILES string of the molecule is CC/C=C\C/C=C/[C@@H](O)[C@H](O)/C=C\C=C/C/C=C\CCCC(=O)O. The largest absolute Gasteiger partial charge is 0.481 e. The summed E-state index contributed by atoms with van der Waals surface area (Å²) in [6.45, 7) is 2.06. The molecule has 0 aliphatic rings. The number of aliphatic hydroxyl groups excluding tert-OH is 2. The fourth-order valence-electron chi connectivity index (χ4n) is 1.79. The highest BCUT2D eigenvalue weighted by atomic mass is 16.4. The van der Waals surface area contributed by atoms with Crippen molar-refractivity contribution in [1.29, 1.82) is 0 Å². The summed E-state index contributed by atoms with van der Waals surface area (Å²) < 4.78 is 0. The fourth-order valence-corrected chi connectivity index (χ4v) is 1.79. The van der Waals surface area contributed by atoms with E-state index in [1.54, 1.807) is 18.2 Å². The van der Waals surface area contributed by atoms with Gasteiger partial charge in [-0.05, 0) is 32.1 Å². The molecule has 0 radical (unpaired) electrons. The van der Waals surface area contributed by atoms with E-state index in [9.17, 15) is 15.0 Å². The van der Waals surface area contributed by atoms with Crippen molar-refractivity contribution in [3.8, 4) is 0 Å². The zero-order chi connectivity index (χ0) is 18.0. The molecule has 0 spiro atoms. The molecule has 0 aromatic rings. The van der Waals surface area contributed by atoms with Gasteiger partial charge in [0.1, 0.15) is 12.2 Å². The fraction of sp³-hybridized carbons (Fsp3) is 0.450. The normalized spacial score (nSPS) is 15.5. The van der Waals surface area contributed by atoms with Crippen LogP contribution in [-0.4, -0.2) is 33.5 Å². The maximum absolute atomic E-state index is 10.3. The predicted molar refractivity (Wildman–Crippen MR) is 98.7 cm³/mol. The molecule has 4 nitrogen and oxygen atoms in total. The summed E-state index contributed by atoms with van der Waals surface area (Å²) in [6, 6.07) is 0. The monoisotopic (exact) mass is 334 g/mol. The van der Waals surface area contributed by atoms with Gasteiger partial charge in [-0.3, -0.25) is 4.79 Å². The van der Waals surface area contributed by atoms with Crippen LogP contribution < -0.4 is 0 Å². The smallest absolute Gasteiger partial charge is 0.303 e. The Kier molecular flexibility index (Phi) is 14.7. The Morgan fingerprint density at radius 3 is 2.25 bits per heavy atom. The van der Waals surface area contributed by atoms with Crippen LogP contribution >= 0.6 is 0 Å². The molecule has 0 rings (SSSR count). The van der Waals surface area contributed by atoms with Crippen molar-refractivity contribution in [3.05, 3.63) is 60.8 Å². The number of unbranched alkanes of at least 4 members (excludes halogenated alkanes) is 1. The summed E-state index contributed by atoms with van der Waals surface area (Å²) in [5.74, 6) is -0.763. The van der Waals surface area contributed by atoms with Crippen LogP contribution in [0.4, 0.5) is 0 Å². The lowest BCUT2D eigenvalue weighted by Gasteiger charge is -2.09. The standard InChI is InChI=1S/C20H30O4/c1-2-3-4-9-12-15-18(21)19(22)16-13-10-7-5-6-8-11-14-17-20(23)24/h3-4,6-8,10,12-13,15-16,18-19,21-22H,2,5,9,11,14,17H2,1H3,(H,23,24)/b4-3-,8-6-,10-7-,15-12+,16-13-/t18-,19-/m1/s1. The Bertz CT molecular complexity index is 458. The molecule has 0 aliphatic carbocycles. The van der Waals surface area contributed by atoms with Crippen LogP contribution in [0.5, 0.6) is 0 Å². The van der Waals surface area contributed by atoms with E-state index in [0.717, 1.165) is 25.7 Å². The summed E-state index contributed by atoms with van der Waals surface area (Å²) >= 11 is 0. The van der Waals surface area contributed by atoms with Crippen LogP contribution in [-0.2, 0) is 4.79 Å². The number of allylic oxidation sites excluding steroid dienone is 8. The van der Waals surface area contributed by atoms with E-state index in [1.165, 1.54) is 0 Å². The lowest BCUT2D eigenvalue weighted by atomic mass is 10.1. The second-order valence-electron chi connectivity index (χ2n) is 5.33. The summed E-state index contributed by atoms with van der Waals surface area (Å²) in [5, 5.41) is 28.0. The molecule has 0 saturated heterocycles. The quantitative estimate of drug-likeness (QED) is 0.271. The Morgan fingerprint density at radius 2 is 1.54 bits per heavy atom. The van der Waals surface area contributed by atoms with Crippen molar-refractivity contribution in [1.82, 2.24) is 0 Å². The number of hydrogen-bond donors (Lipinski definition) is 3. The Labute approximate surface area is 145 Å². The van der Waals surface area contributed by atoms with Gasteiger partial charge in [0.2, 0.25) is 0 Å². The molecule has 0 aromatic carbocycles. The summed E-state index contributed by atoms with van der Waals surface area (Å²) in [5.41, 5.74) is 0. The maximum Gasteiger partial charge on any atom is 0.303 e. The lowest BCUT2D eigenvalue weighted by Crippen LogP contribution is -2.20. The van der Waals surface area contributed by atoms with Gasteiger partial charge in [0.15, 0.2) is 0 Å². The van der Waals surface area contributed by atoms with E-state index >= 15 is 0 Å². The first-order chi connectivity index (χ1) is 11.6. The Balaban J connectivity index is 3.88. The van der Waals surface area contributed by atoms with Crippen LogP contribution in [0, 0.1) is 0 Å². The maximum atomic E-state index is 10.3. The van der Waals surface area contributed by atoms with E-state index < -0.39 is 18.2 Å². The molecule has 0 heterocycles. The lowest BCUT2D eigenvalue weighted by molar-refractivity contribution is -0.137. The molecule has 3 N–H and O–H groups in total. The Hall–Kier alpha value is -1.91. The van der Waals surface area contributed by atoms with Crippen LogP contribution in [0.1, 0.15) is 45.4 Å². The molecule has 24 heavy (non-hydrogen) atoms. The Morgan fingerprint density at radius 1 is 0.875 bits per heavy atom. The van der Waals surface area contributed by atoms with Gasteiger partial charge in [0, 0.05) is 6.42 Å². The van der Waals surface area contributed by atoms with Crippen molar-refractivity contribution in [2.75, 3.05) is 0 Å². The average molecular weight is 334 g/mol. The molecule has 0 aromatic heterocycles. The van der Waals surface area contributed by atoms with Crippen LogP contribution in [0.2, 0.25) is 0 Å². The minimum atomic E-state index is -0.924. The first-order valence-electron chi connectivity index (χ1n) is 8.45. The number of rotatable bonds is 13. The second-order valence-corrected chi connectivity index (χ2v) is 5.33. The second kappa shape index (κ2) is 16.0. The van der Waals surface area contributed by atoms with Crippen LogP contribution in [0.15, 0.2) is 60.8 Å². The molecular weight excluding hydrogens is 304 g/mol. The van der Waals surface area contributed by atoms with Crippen molar-refractivity contribution < 1.29 is 20.1 Å². The van der Waals surface area contributed by atoms with Gasteiger partial charge >= 0.3 is 5.97 Å². The topological polar surface area (TPSA) is 77.8 Å². The minimum absolute atomic E-state index is 0.201. The van der Waals surface area contributed by atoms with Crippen molar-refractivity contribution in [2.45, 2.75) is 57.7 Å². The molecule has 0 bridgehead atoms. The number of hydrogen-bond acceptors (Lipinski definition) is 3. The van der Waals surface area contributed by atoms with Gasteiger partial charge in [-0.25, -0.2) is 0 Å². The molecule has 134 valence electrons. The van der Waals surface area contributed by atoms with E-state index in [1.807, 2.05) is 36.5 Å². The highest BCUT2D eigenvalue weighted by Crippen LogP contribution is 2.01. The molecule has 0 aliphatic heterocycles. The first-order valence-corrected chi connectivity index (χ1v) is 8.45. The average Bonchev–Trinajstić information content (AvgIpc) is 2.55. The first kappa shape index (κ1) is 22.1. The van der Waals surface area contributed by atoms with E-state index in [-0.39, 0.29) is 6.42 Å². The third-order valence-corrected chi connectivity index (χ3v) is 3.11. The molecule has 4 heteroatoms. The van der Waals surface area contributed by atoms with E-state index in [4.69, 9.17) is 5.11 Å². The summed E-state index contributed by atoms with van der Waals surface area (Å²) in [7, 11) is 0. The highest BCUT2D eigenvalue weighted by molar-refractivity contribution is 5.66. The van der Waals surface area contributed by atoms with E-state index in [0.29, 0.717) is 6.42 Å². The van der Waals surface area contributed by atoms with Gasteiger partial charge in [-0.1, -0.05) is 67.7 Å². The molecule has 2 atom stereocenters. The van der Waals surface area contributed by atoms with Crippen molar-refractivity contribution in [3.63, 3.8) is 0 Å². The number of carboxylic acids is 1. The van der Waals surface area contributed by atoms with Crippen molar-refractivity contribution >= 4 is 5.97 Å². The zero-order valence-corrected chi connectivity index (χ0v) is 14.4. The van der Waals surface area contributed by atoms with Gasteiger partial charge in [0.25, 0.3) is 0 Å². The summed E-state index contributed by atoms with van der Waals surface area (Å²) in [4.78, 5) is 10.3. The van der Waals surface area contributed by atoms with E-state index in [2.05, 4.69) is 13.0 Å². The van der Waals surface area contributed by atoms with Crippen molar-refractivity contribution in [2.24, 2.45) is 0 Å². The molecule has 0 unspecified atom stereocenters. The minimum Gasteiger partial charge on any atom is -0.481 e. The third kappa shape index (κ3) is 15.0. The number of carboxylic acid groups (broad SMARTS) is 1. The van der Waals surface area contributed by atoms with Crippen LogP contribution in [0.25, 0.3) is 0 Å². The molecule has 0 fully saturated rings. The highest BCUT2D eigenvalue weighted by Gasteiger charge is 2.07. The van der Waals surface area contributed by atoms with Gasteiger partial charge in [0.05, 0.1) is 0 Å². The van der Waals surface area contributed by atoms with Gasteiger partial charge in [-0.15, -0.1) is 0 Å². The summed E-state index contributed by atoms with van der Waals surface area (Å²) in [6.07, 6.45) is 20.7. The third-order valence-electron chi connectivity index (χ3n) is 3.11. The molecular formula is C20H30O4. The predicted octanol–water partition coefficient (Wildman–Crippen LogP) is 3.93. The van der Waals surface area contributed by atoms with Crippen LogP contribution in [0.3, 0.4) is 0 Å². The van der Waals surface area contributed by atoms with Gasteiger partial charge < -0.3 is 15.3 Å². The molecule has 0 amide bonds. The number of aliphatic carboxylic acids is 1. The number of carbonyl (C=O) groups is 1. The zero-order valence-electron chi connectivity index (χ0n) is 14.4. The van der Waals surface area contributed by atoms with Gasteiger partial charge in [-0.2, -0.15) is 0 Å².